The van der Waals surface area contributed by atoms with Gasteiger partial charge in [0.05, 0.1) is 6.54 Å². The van der Waals surface area contributed by atoms with Gasteiger partial charge in [0.2, 0.25) is 0 Å². The Balaban J connectivity index is 0. The molecule has 14 heavy (non-hydrogen) atoms. The monoisotopic (exact) mass is 223 g/mol. The molecule has 0 radical (unpaired) electrons. The van der Waals surface area contributed by atoms with E-state index in [1.807, 2.05) is 0 Å². The molecule has 0 fully saturated rings. The molecule has 3 nitrogen and oxygen atoms in total. The van der Waals surface area contributed by atoms with E-state index in [9.17, 15) is 4.79 Å². The van der Waals surface area contributed by atoms with Gasteiger partial charge in [0.1, 0.15) is 0 Å². The van der Waals surface area contributed by atoms with Gasteiger partial charge in [-0.2, -0.15) is 0 Å². The van der Waals surface area contributed by atoms with Gasteiger partial charge < -0.3 is 10.8 Å². The molecular weight excluding hydrogens is 197 g/mol. The van der Waals surface area contributed by atoms with E-state index in [2.05, 4.69) is 33.4 Å². The molecule has 0 bridgehead atoms. The molecule has 88 valence electrons. The van der Waals surface area contributed by atoms with E-state index in [1.165, 1.54) is 24.6 Å². The van der Waals surface area contributed by atoms with E-state index in [1.54, 1.807) is 0 Å². The Kier molecular flexibility index (Phi) is 11.0. The molecule has 0 amide bonds. The van der Waals surface area contributed by atoms with Gasteiger partial charge in [-0.3, -0.25) is 4.79 Å². The molecular formula is C10H26NO2P. The number of aliphatic carboxylic acids is 1. The van der Waals surface area contributed by atoms with Crippen molar-refractivity contribution in [3.8, 4) is 0 Å². The van der Waals surface area contributed by atoms with E-state index in [-0.39, 0.29) is 6.54 Å². The van der Waals surface area contributed by atoms with Crippen molar-refractivity contribution in [2.24, 2.45) is 5.73 Å². The number of hydrogen-bond acceptors (Lipinski definition) is 2. The summed E-state index contributed by atoms with van der Waals surface area (Å²) in [5.74, 6) is -0.968. The number of carboxylic acids is 1. The van der Waals surface area contributed by atoms with Gasteiger partial charge in [-0.25, -0.2) is 0 Å². The topological polar surface area (TPSA) is 63.3 Å². The molecule has 3 N–H and O–H groups in total. The van der Waals surface area contributed by atoms with E-state index in [0.29, 0.717) is 0 Å². The maximum Gasteiger partial charge on any atom is 0.317 e. The molecule has 0 aliphatic carbocycles. The van der Waals surface area contributed by atoms with Crippen LogP contribution < -0.4 is 5.73 Å². The van der Waals surface area contributed by atoms with Crippen LogP contribution in [0.1, 0.15) is 27.7 Å². The maximum absolute atomic E-state index is 9.24. The standard InChI is InChI=1S/C8H21P.C2H5NO2/c1-5-9(6-2,7-3)8-4;3-1-2(4)5/h9H,5-8H2,1-4H3;1,3H2,(H,4,5). The fourth-order valence-corrected chi connectivity index (χ4v) is 4.50. The molecule has 0 atom stereocenters. The van der Waals surface area contributed by atoms with Crippen molar-refractivity contribution < 1.29 is 9.90 Å². The van der Waals surface area contributed by atoms with Crippen LogP contribution >= 0.6 is 7.26 Å². The number of nitrogens with two attached hydrogens (primary N) is 1. The SMILES string of the molecule is CC[PH](CC)(CC)CC.NCC(=O)O. The quantitative estimate of drug-likeness (QED) is 0.699. The minimum atomic E-state index is -0.968. The van der Waals surface area contributed by atoms with Crippen LogP contribution in [0.4, 0.5) is 0 Å². The van der Waals surface area contributed by atoms with Crippen molar-refractivity contribution >= 4 is 13.2 Å². The Morgan fingerprint density at radius 1 is 1.07 bits per heavy atom. The zero-order chi connectivity index (χ0) is 11.6. The predicted molar refractivity (Wildman–Crippen MR) is 67.2 cm³/mol. The molecule has 0 aromatic carbocycles. The molecule has 0 spiro atoms. The van der Waals surface area contributed by atoms with E-state index in [4.69, 9.17) is 5.11 Å². The summed E-state index contributed by atoms with van der Waals surface area (Å²) in [6, 6.07) is 0. The number of carbonyl (C=O) groups is 1. The van der Waals surface area contributed by atoms with Crippen LogP contribution in [0, 0.1) is 0 Å². The van der Waals surface area contributed by atoms with Crippen molar-refractivity contribution in [3.05, 3.63) is 0 Å². The second-order valence-electron chi connectivity index (χ2n) is 3.51. The third-order valence-corrected chi connectivity index (χ3v) is 9.17. The zero-order valence-corrected chi connectivity index (χ0v) is 11.0. The van der Waals surface area contributed by atoms with E-state index in [0.717, 1.165) is 0 Å². The van der Waals surface area contributed by atoms with Gasteiger partial charge in [-0.1, -0.05) is 0 Å². The van der Waals surface area contributed by atoms with Gasteiger partial charge >= 0.3 is 65.6 Å². The van der Waals surface area contributed by atoms with Crippen LogP contribution in [-0.4, -0.2) is 42.3 Å². The van der Waals surface area contributed by atoms with Crippen molar-refractivity contribution in [2.45, 2.75) is 27.7 Å². The predicted octanol–water partition coefficient (Wildman–Crippen LogP) is 1.85. The minimum absolute atomic E-state index is 0.278. The fraction of sp³-hybridized carbons (Fsp3) is 0.900. The molecule has 0 aliphatic rings. The molecule has 0 aromatic heterocycles. The van der Waals surface area contributed by atoms with Gasteiger partial charge in [0.25, 0.3) is 0 Å². The third kappa shape index (κ3) is 7.28. The summed E-state index contributed by atoms with van der Waals surface area (Å²) in [6.45, 7) is 9.18. The average molecular weight is 223 g/mol. The molecule has 0 aliphatic heterocycles. The second-order valence-corrected chi connectivity index (χ2v) is 9.34. The first kappa shape index (κ1) is 16.3. The van der Waals surface area contributed by atoms with Crippen molar-refractivity contribution in [1.82, 2.24) is 0 Å². The summed E-state index contributed by atoms with van der Waals surface area (Å²) in [6.07, 6.45) is 5.93. The molecule has 0 saturated heterocycles. The van der Waals surface area contributed by atoms with Gasteiger partial charge in [0, 0.05) is 0 Å². The third-order valence-electron chi connectivity index (χ3n) is 3.17. The van der Waals surface area contributed by atoms with Crippen molar-refractivity contribution in [1.29, 1.82) is 0 Å². The van der Waals surface area contributed by atoms with Crippen LogP contribution in [0.25, 0.3) is 0 Å². The zero-order valence-electron chi connectivity index (χ0n) is 9.97. The second kappa shape index (κ2) is 9.42. The van der Waals surface area contributed by atoms with Crippen LogP contribution in [0.15, 0.2) is 0 Å². The molecule has 0 saturated carbocycles. The summed E-state index contributed by atoms with van der Waals surface area (Å²) in [4.78, 5) is 9.24. The summed E-state index contributed by atoms with van der Waals surface area (Å²) in [5.41, 5.74) is 4.57. The van der Waals surface area contributed by atoms with E-state index < -0.39 is 13.2 Å². The summed E-state index contributed by atoms with van der Waals surface area (Å²) in [5, 5.41) is 7.60. The van der Waals surface area contributed by atoms with Crippen LogP contribution in [-0.2, 0) is 4.79 Å². The van der Waals surface area contributed by atoms with Crippen LogP contribution in [0.5, 0.6) is 0 Å². The smallest absolute Gasteiger partial charge is 0.317 e. The molecule has 0 heterocycles. The van der Waals surface area contributed by atoms with Crippen LogP contribution in [0.3, 0.4) is 0 Å². The largest absolute Gasteiger partial charge is 0.480 e. The first-order valence-electron chi connectivity index (χ1n) is 5.43. The minimum Gasteiger partial charge on any atom is -0.480 e. The Hall–Kier alpha value is -0.140. The van der Waals surface area contributed by atoms with Gasteiger partial charge in [-0.15, -0.1) is 0 Å². The Bertz CT molecular complexity index is 130. The maximum atomic E-state index is 9.24. The number of rotatable bonds is 5. The number of hydrogen-bond donors (Lipinski definition) is 2. The van der Waals surface area contributed by atoms with Gasteiger partial charge in [0.15, 0.2) is 0 Å². The van der Waals surface area contributed by atoms with Crippen molar-refractivity contribution in [3.63, 3.8) is 0 Å². The normalized spacial score (nSPS) is 11.5. The Morgan fingerprint density at radius 3 is 1.29 bits per heavy atom. The Morgan fingerprint density at radius 2 is 1.29 bits per heavy atom. The van der Waals surface area contributed by atoms with Gasteiger partial charge in [-0.05, 0) is 0 Å². The Labute approximate surface area is 88.4 Å². The summed E-state index contributed by atoms with van der Waals surface area (Å²) >= 11 is 0. The van der Waals surface area contributed by atoms with Crippen LogP contribution in [0.2, 0.25) is 0 Å². The molecule has 0 rings (SSSR count). The fourth-order valence-electron chi connectivity index (χ4n) is 1.50. The van der Waals surface area contributed by atoms with Crippen molar-refractivity contribution in [2.75, 3.05) is 31.2 Å². The summed E-state index contributed by atoms with van der Waals surface area (Å²) in [7, 11) is -0.691. The van der Waals surface area contributed by atoms with E-state index >= 15 is 0 Å². The first-order valence-corrected chi connectivity index (χ1v) is 8.26. The molecule has 0 aromatic rings. The first-order chi connectivity index (χ1) is 6.51. The molecule has 4 heteroatoms. The molecule has 0 unspecified atom stereocenters. The number of carboxylic acid groups (broad SMARTS) is 1. The average Bonchev–Trinajstić information content (AvgIpc) is 2.23. The summed E-state index contributed by atoms with van der Waals surface area (Å²) < 4.78 is 0.